The number of fused-ring (bicyclic) bond motifs is 4. The second kappa shape index (κ2) is 7.07. The monoisotopic (exact) mass is 408 g/mol. The van der Waals surface area contributed by atoms with Crippen molar-refractivity contribution >= 4 is 33.5 Å². The highest BCUT2D eigenvalue weighted by Crippen LogP contribution is 2.17. The number of aryl methyl sites for hydroxylation is 1. The van der Waals surface area contributed by atoms with Crippen molar-refractivity contribution in [2.24, 2.45) is 0 Å². The molecule has 0 atom stereocenters. The van der Waals surface area contributed by atoms with Crippen LogP contribution in [0.25, 0.3) is 27.6 Å². The number of pyridine rings is 1. The lowest BCUT2D eigenvalue weighted by molar-refractivity contribution is 1.05. The second-order valence-electron chi connectivity index (χ2n) is 7.25. The molecule has 8 heteroatoms. The van der Waals surface area contributed by atoms with Crippen molar-refractivity contribution in [3.05, 3.63) is 92.0 Å². The van der Waals surface area contributed by atoms with Gasteiger partial charge in [0.1, 0.15) is 22.8 Å². The van der Waals surface area contributed by atoms with Crippen LogP contribution in [0.3, 0.4) is 0 Å². The third-order valence-electron chi connectivity index (χ3n) is 5.18. The van der Waals surface area contributed by atoms with E-state index in [9.17, 15) is 14.9 Å². The average molecular weight is 408 g/mol. The summed E-state index contributed by atoms with van der Waals surface area (Å²) in [6.07, 6.45) is 1.43. The maximum absolute atomic E-state index is 13.3. The van der Waals surface area contributed by atoms with Crippen molar-refractivity contribution in [3.63, 3.8) is 0 Å². The van der Waals surface area contributed by atoms with Gasteiger partial charge in [-0.3, -0.25) is 14.0 Å². The first-order valence-electron chi connectivity index (χ1n) is 9.63. The van der Waals surface area contributed by atoms with E-state index in [0.29, 0.717) is 17.4 Å². The summed E-state index contributed by atoms with van der Waals surface area (Å²) in [5.41, 5.74) is 1.82. The number of rotatable bonds is 3. The molecule has 3 aromatic heterocycles. The number of nitrogens with one attached hydrogen (secondary N) is 2. The van der Waals surface area contributed by atoms with E-state index in [1.165, 1.54) is 10.6 Å². The van der Waals surface area contributed by atoms with Crippen molar-refractivity contribution in [3.8, 4) is 6.07 Å². The molecule has 0 aliphatic rings. The fourth-order valence-corrected chi connectivity index (χ4v) is 3.65. The van der Waals surface area contributed by atoms with Crippen molar-refractivity contribution in [2.45, 2.75) is 13.5 Å². The van der Waals surface area contributed by atoms with Gasteiger partial charge < -0.3 is 10.3 Å². The summed E-state index contributed by atoms with van der Waals surface area (Å²) in [6.45, 7) is 2.36. The van der Waals surface area contributed by atoms with Gasteiger partial charge in [0.15, 0.2) is 0 Å². The number of hydrogen-bond donors (Lipinski definition) is 2. The summed E-state index contributed by atoms with van der Waals surface area (Å²) in [5.74, 6) is 0.241. The van der Waals surface area contributed by atoms with E-state index in [1.807, 2.05) is 49.4 Å². The lowest BCUT2D eigenvalue weighted by atomic mass is 10.1. The molecule has 5 rings (SSSR count). The quantitative estimate of drug-likeness (QED) is 0.350. The summed E-state index contributed by atoms with van der Waals surface area (Å²) >= 11 is 0. The fraction of sp³-hybridized carbons (Fsp3) is 0.0870. The Hall–Kier alpha value is -4.51. The van der Waals surface area contributed by atoms with Crippen LogP contribution in [0.15, 0.2) is 64.3 Å². The van der Waals surface area contributed by atoms with Gasteiger partial charge in [-0.25, -0.2) is 9.97 Å². The van der Waals surface area contributed by atoms with Crippen molar-refractivity contribution in [1.29, 1.82) is 5.26 Å². The van der Waals surface area contributed by atoms with Gasteiger partial charge in [0, 0.05) is 6.54 Å². The molecular formula is C23H16N6O2. The number of nitrogens with zero attached hydrogens (tertiary/aromatic N) is 4. The third kappa shape index (κ3) is 3.00. The number of nitriles is 1. The lowest BCUT2D eigenvalue weighted by Crippen LogP contribution is -2.23. The molecule has 0 aliphatic heterocycles. The molecule has 5 aromatic rings. The van der Waals surface area contributed by atoms with Gasteiger partial charge in [0.2, 0.25) is 11.4 Å². The Labute approximate surface area is 175 Å². The van der Waals surface area contributed by atoms with E-state index >= 15 is 0 Å². The van der Waals surface area contributed by atoms with Crippen molar-refractivity contribution < 1.29 is 0 Å². The molecular weight excluding hydrogens is 392 g/mol. The molecule has 0 bridgehead atoms. The van der Waals surface area contributed by atoms with Crippen LogP contribution in [-0.2, 0) is 6.54 Å². The number of aromatic amines is 1. The van der Waals surface area contributed by atoms with E-state index in [-0.39, 0.29) is 33.8 Å². The van der Waals surface area contributed by atoms with Crippen LogP contribution < -0.4 is 16.3 Å². The Balaban J connectivity index is 1.76. The van der Waals surface area contributed by atoms with Crippen LogP contribution in [0.5, 0.6) is 0 Å². The van der Waals surface area contributed by atoms with Gasteiger partial charge in [-0.05, 0) is 24.6 Å². The molecule has 0 saturated heterocycles. The van der Waals surface area contributed by atoms with Gasteiger partial charge >= 0.3 is 0 Å². The first-order valence-corrected chi connectivity index (χ1v) is 9.63. The number of aromatic nitrogens is 4. The Kier molecular flexibility index (Phi) is 4.22. The Morgan fingerprint density at radius 2 is 1.97 bits per heavy atom. The van der Waals surface area contributed by atoms with Gasteiger partial charge in [-0.1, -0.05) is 42.0 Å². The number of anilines is 1. The molecule has 31 heavy (non-hydrogen) atoms. The fourth-order valence-electron chi connectivity index (χ4n) is 3.65. The Morgan fingerprint density at radius 3 is 2.74 bits per heavy atom. The first-order chi connectivity index (χ1) is 15.1. The molecule has 0 saturated carbocycles. The lowest BCUT2D eigenvalue weighted by Gasteiger charge is -2.11. The van der Waals surface area contributed by atoms with Crippen LogP contribution in [0.4, 0.5) is 5.95 Å². The summed E-state index contributed by atoms with van der Waals surface area (Å²) in [4.78, 5) is 38.0. The Bertz CT molecular complexity index is 1650. The molecule has 0 radical (unpaired) electrons. The van der Waals surface area contributed by atoms with E-state index < -0.39 is 5.43 Å². The highest BCUT2D eigenvalue weighted by Gasteiger charge is 2.18. The number of hydrogen-bond acceptors (Lipinski definition) is 6. The van der Waals surface area contributed by atoms with Gasteiger partial charge in [-0.2, -0.15) is 5.26 Å². The molecule has 8 nitrogen and oxygen atoms in total. The molecule has 0 aliphatic carbocycles. The molecule has 150 valence electrons. The third-order valence-corrected chi connectivity index (χ3v) is 5.18. The molecule has 3 heterocycles. The second-order valence-corrected chi connectivity index (χ2v) is 7.25. The van der Waals surface area contributed by atoms with Crippen LogP contribution in [0.2, 0.25) is 0 Å². The molecule has 0 amide bonds. The molecule has 0 fully saturated rings. The number of H-pyrrole nitrogens is 1. The SMILES string of the molecule is Cc1ccc2[nH]c3c(C#N)c(=O)c4nc(NCc5ccccc5)ncc4n3c(=O)c2c1. The first kappa shape index (κ1) is 18.5. The van der Waals surface area contributed by atoms with Crippen molar-refractivity contribution in [1.82, 2.24) is 19.4 Å². The minimum Gasteiger partial charge on any atom is -0.350 e. The summed E-state index contributed by atoms with van der Waals surface area (Å²) in [7, 11) is 0. The Morgan fingerprint density at radius 1 is 1.16 bits per heavy atom. The largest absolute Gasteiger partial charge is 0.350 e. The topological polar surface area (TPSA) is 116 Å². The van der Waals surface area contributed by atoms with Gasteiger partial charge in [-0.15, -0.1) is 0 Å². The van der Waals surface area contributed by atoms with E-state index in [2.05, 4.69) is 20.3 Å². The maximum atomic E-state index is 13.3. The smallest absolute Gasteiger partial charge is 0.266 e. The van der Waals surface area contributed by atoms with Gasteiger partial charge in [0.25, 0.3) is 5.56 Å². The standard InChI is InChI=1S/C23H16N6O2/c1-13-7-8-17-15(9-13)22(31)29-18-12-26-23(25-11-14-5-3-2-4-6-14)28-19(18)20(30)16(10-24)21(29)27-17/h2-9,12,27H,11H2,1H3,(H,25,26,28). The molecule has 0 unspecified atom stereocenters. The maximum Gasteiger partial charge on any atom is 0.266 e. The zero-order valence-electron chi connectivity index (χ0n) is 16.5. The average Bonchev–Trinajstić information content (AvgIpc) is 2.79. The predicted molar refractivity (Wildman–Crippen MR) is 118 cm³/mol. The van der Waals surface area contributed by atoms with E-state index in [4.69, 9.17) is 0 Å². The van der Waals surface area contributed by atoms with Crippen LogP contribution >= 0.6 is 0 Å². The van der Waals surface area contributed by atoms with Crippen LogP contribution in [0, 0.1) is 18.3 Å². The summed E-state index contributed by atoms with van der Waals surface area (Å²) in [6, 6.07) is 17.0. The van der Waals surface area contributed by atoms with E-state index in [0.717, 1.165) is 11.1 Å². The summed E-state index contributed by atoms with van der Waals surface area (Å²) in [5, 5.41) is 13.2. The van der Waals surface area contributed by atoms with Gasteiger partial charge in [0.05, 0.1) is 22.6 Å². The molecule has 2 N–H and O–H groups in total. The number of benzene rings is 2. The summed E-state index contributed by atoms with van der Waals surface area (Å²) < 4.78 is 1.30. The minimum atomic E-state index is -0.551. The van der Waals surface area contributed by atoms with Crippen LogP contribution in [0.1, 0.15) is 16.7 Å². The molecule has 0 spiro atoms. The molecule has 2 aromatic carbocycles. The highest BCUT2D eigenvalue weighted by atomic mass is 16.1. The normalized spacial score (nSPS) is 11.1. The van der Waals surface area contributed by atoms with Crippen molar-refractivity contribution in [2.75, 3.05) is 5.32 Å². The van der Waals surface area contributed by atoms with Crippen LogP contribution in [-0.4, -0.2) is 19.4 Å². The highest BCUT2D eigenvalue weighted by molar-refractivity contribution is 5.87. The zero-order chi connectivity index (χ0) is 21.5. The van der Waals surface area contributed by atoms with E-state index in [1.54, 1.807) is 12.1 Å². The zero-order valence-corrected chi connectivity index (χ0v) is 16.5. The minimum absolute atomic E-state index is 0.0112. The predicted octanol–water partition coefficient (Wildman–Crippen LogP) is 2.88.